The van der Waals surface area contributed by atoms with Crippen LogP contribution in [0.25, 0.3) is 5.57 Å². The largest absolute Gasteiger partial charge is 0.454 e. The molecule has 6 nitrogen and oxygen atoms in total. The summed E-state index contributed by atoms with van der Waals surface area (Å²) in [6, 6.07) is 8.25. The number of rotatable bonds is 8. The topological polar surface area (TPSA) is 77.5 Å². The first-order valence-corrected chi connectivity index (χ1v) is 11.0. The Bertz CT molecular complexity index is 1100. The Morgan fingerprint density at radius 2 is 1.91 bits per heavy atom. The first-order chi connectivity index (χ1) is 15.3. The van der Waals surface area contributed by atoms with Gasteiger partial charge in [0.05, 0.1) is 11.3 Å². The Labute approximate surface area is 190 Å². The number of ether oxygens (including phenoxy) is 1. The number of carbonyl (C=O) groups excluding carboxylic acids is 1. The van der Waals surface area contributed by atoms with Crippen molar-refractivity contribution in [1.82, 2.24) is 10.2 Å². The summed E-state index contributed by atoms with van der Waals surface area (Å²) in [6.07, 6.45) is 3.07. The zero-order valence-corrected chi connectivity index (χ0v) is 18.8. The van der Waals surface area contributed by atoms with Gasteiger partial charge in [-0.15, -0.1) is 0 Å². The van der Waals surface area contributed by atoms with Gasteiger partial charge in [-0.1, -0.05) is 18.9 Å². The SMILES string of the molecule is CCN/C=C1\C(=N)C(c2cc(NSCC)ccc2Oc2ccc(F)cc2F)=CN(C)C1=O. The number of nitrogens with one attached hydrogen (secondary N) is 3. The van der Waals surface area contributed by atoms with Crippen LogP contribution in [0.1, 0.15) is 19.4 Å². The van der Waals surface area contributed by atoms with E-state index in [1.165, 1.54) is 29.1 Å². The minimum Gasteiger partial charge on any atom is -0.454 e. The maximum absolute atomic E-state index is 14.2. The molecule has 0 aliphatic carbocycles. The lowest BCUT2D eigenvalue weighted by Gasteiger charge is -2.26. The predicted molar refractivity (Wildman–Crippen MR) is 125 cm³/mol. The molecule has 1 aliphatic rings. The molecule has 0 unspecified atom stereocenters. The summed E-state index contributed by atoms with van der Waals surface area (Å²) < 4.78 is 36.5. The highest BCUT2D eigenvalue weighted by Gasteiger charge is 2.29. The van der Waals surface area contributed by atoms with Gasteiger partial charge in [-0.05, 0) is 37.3 Å². The van der Waals surface area contributed by atoms with Crippen LogP contribution < -0.4 is 14.8 Å². The van der Waals surface area contributed by atoms with Gasteiger partial charge in [0.25, 0.3) is 5.91 Å². The van der Waals surface area contributed by atoms with Crippen molar-refractivity contribution in [2.45, 2.75) is 13.8 Å². The molecule has 2 aromatic carbocycles. The van der Waals surface area contributed by atoms with Gasteiger partial charge in [0.1, 0.15) is 11.6 Å². The Hall–Kier alpha value is -3.33. The van der Waals surface area contributed by atoms with Gasteiger partial charge in [-0.25, -0.2) is 8.78 Å². The molecule has 0 saturated carbocycles. The number of amides is 1. The molecule has 32 heavy (non-hydrogen) atoms. The molecule has 168 valence electrons. The van der Waals surface area contributed by atoms with E-state index in [0.29, 0.717) is 17.7 Å². The molecular formula is C23H24F2N4O2S. The van der Waals surface area contributed by atoms with Crippen LogP contribution >= 0.6 is 11.9 Å². The summed E-state index contributed by atoms with van der Waals surface area (Å²) in [5.41, 5.74) is 1.89. The van der Waals surface area contributed by atoms with Gasteiger partial charge in [0, 0.05) is 54.6 Å². The zero-order chi connectivity index (χ0) is 23.3. The molecule has 0 aromatic heterocycles. The van der Waals surface area contributed by atoms with Crippen LogP contribution in [0.2, 0.25) is 0 Å². The van der Waals surface area contributed by atoms with Crippen molar-refractivity contribution in [3.63, 3.8) is 0 Å². The van der Waals surface area contributed by atoms with Crippen LogP contribution in [-0.2, 0) is 4.79 Å². The molecule has 0 fully saturated rings. The van der Waals surface area contributed by atoms with Gasteiger partial charge in [-0.2, -0.15) is 0 Å². The number of anilines is 1. The number of nitrogens with zero attached hydrogens (tertiary/aromatic N) is 1. The van der Waals surface area contributed by atoms with Crippen molar-refractivity contribution in [3.05, 3.63) is 71.6 Å². The van der Waals surface area contributed by atoms with Crippen molar-refractivity contribution in [3.8, 4) is 11.5 Å². The van der Waals surface area contributed by atoms with E-state index >= 15 is 0 Å². The van der Waals surface area contributed by atoms with E-state index in [-0.39, 0.29) is 28.7 Å². The molecule has 0 spiro atoms. The Kier molecular flexibility index (Phi) is 7.53. The van der Waals surface area contributed by atoms with Gasteiger partial charge in [-0.3, -0.25) is 10.2 Å². The second kappa shape index (κ2) is 10.3. The second-order valence-electron chi connectivity index (χ2n) is 6.87. The molecule has 0 atom stereocenters. The van der Waals surface area contributed by atoms with Crippen molar-refractivity contribution >= 4 is 34.8 Å². The first kappa shape index (κ1) is 23.3. The predicted octanol–water partition coefficient (Wildman–Crippen LogP) is 5.16. The fourth-order valence-electron chi connectivity index (χ4n) is 3.03. The maximum Gasteiger partial charge on any atom is 0.261 e. The third-order valence-corrected chi connectivity index (χ3v) is 5.25. The highest BCUT2D eigenvalue weighted by molar-refractivity contribution is 8.00. The molecule has 2 aromatic rings. The fraction of sp³-hybridized carbons (Fsp3) is 0.217. The fourth-order valence-corrected chi connectivity index (χ4v) is 3.46. The minimum atomic E-state index is -0.840. The highest BCUT2D eigenvalue weighted by atomic mass is 32.2. The zero-order valence-electron chi connectivity index (χ0n) is 18.0. The smallest absolute Gasteiger partial charge is 0.261 e. The van der Waals surface area contributed by atoms with Crippen LogP contribution in [0.4, 0.5) is 14.5 Å². The van der Waals surface area contributed by atoms with Gasteiger partial charge in [0.2, 0.25) is 0 Å². The summed E-state index contributed by atoms with van der Waals surface area (Å²) in [5, 5.41) is 11.6. The summed E-state index contributed by atoms with van der Waals surface area (Å²) in [7, 11) is 1.60. The third-order valence-electron chi connectivity index (χ3n) is 4.58. The van der Waals surface area contributed by atoms with Crippen LogP contribution in [0, 0.1) is 17.0 Å². The highest BCUT2D eigenvalue weighted by Crippen LogP contribution is 2.37. The van der Waals surface area contributed by atoms with Crippen molar-refractivity contribution in [2.75, 3.05) is 24.1 Å². The quantitative estimate of drug-likeness (QED) is 0.376. The van der Waals surface area contributed by atoms with Gasteiger partial charge >= 0.3 is 0 Å². The lowest BCUT2D eigenvalue weighted by Crippen LogP contribution is -2.33. The molecule has 1 amide bonds. The molecule has 1 heterocycles. The number of likely N-dealkylation sites (N-methyl/N-ethyl adjacent to an activating group) is 1. The second-order valence-corrected chi connectivity index (χ2v) is 7.94. The van der Waals surface area contributed by atoms with E-state index in [4.69, 9.17) is 10.1 Å². The average Bonchev–Trinajstić information content (AvgIpc) is 2.77. The van der Waals surface area contributed by atoms with Gasteiger partial charge < -0.3 is 19.7 Å². The van der Waals surface area contributed by atoms with Crippen LogP contribution in [-0.4, -0.2) is 35.9 Å². The van der Waals surface area contributed by atoms with E-state index < -0.39 is 11.6 Å². The molecule has 0 radical (unpaired) electrons. The average molecular weight is 459 g/mol. The lowest BCUT2D eigenvalue weighted by atomic mass is 9.92. The van der Waals surface area contributed by atoms with Crippen LogP contribution in [0.15, 0.2) is 54.4 Å². The van der Waals surface area contributed by atoms with Crippen molar-refractivity contribution in [2.24, 2.45) is 0 Å². The summed E-state index contributed by atoms with van der Waals surface area (Å²) in [6.45, 7) is 4.49. The number of hydrogen-bond donors (Lipinski definition) is 3. The molecule has 3 rings (SSSR count). The number of carbonyl (C=O) groups is 1. The summed E-state index contributed by atoms with van der Waals surface area (Å²) in [5.74, 6) is -0.910. The number of halogens is 2. The lowest BCUT2D eigenvalue weighted by molar-refractivity contribution is -0.123. The molecular weight excluding hydrogens is 434 g/mol. The van der Waals surface area contributed by atoms with Crippen LogP contribution in [0.5, 0.6) is 11.5 Å². The normalized spacial score (nSPS) is 15.1. The van der Waals surface area contributed by atoms with E-state index in [1.54, 1.807) is 31.4 Å². The molecule has 1 aliphatic heterocycles. The Morgan fingerprint density at radius 3 is 2.59 bits per heavy atom. The third kappa shape index (κ3) is 5.11. The monoisotopic (exact) mass is 458 g/mol. The summed E-state index contributed by atoms with van der Waals surface area (Å²) in [4.78, 5) is 14.0. The Balaban J connectivity index is 2.10. The van der Waals surface area contributed by atoms with Crippen LogP contribution in [0.3, 0.4) is 0 Å². The standard InChI is InChI=1S/C23H24F2N4O2S/c1-4-27-12-17-22(26)18(13-29(3)23(17)30)16-11-15(28-32-5-2)7-9-20(16)31-21-8-6-14(24)10-19(21)25/h6-13,26-28H,4-5H2,1-3H3/b17-12+,26-22?. The first-order valence-electron chi connectivity index (χ1n) is 10.0. The molecule has 0 saturated heterocycles. The summed E-state index contributed by atoms with van der Waals surface area (Å²) >= 11 is 1.49. The van der Waals surface area contributed by atoms with E-state index in [1.807, 2.05) is 13.8 Å². The number of allylic oxidation sites excluding steroid dienone is 1. The number of hydrogen-bond acceptors (Lipinski definition) is 6. The van der Waals surface area contributed by atoms with E-state index in [9.17, 15) is 13.6 Å². The molecule has 3 N–H and O–H groups in total. The van der Waals surface area contributed by atoms with Crippen molar-refractivity contribution < 1.29 is 18.3 Å². The molecule has 0 bridgehead atoms. The van der Waals surface area contributed by atoms with Crippen molar-refractivity contribution in [1.29, 1.82) is 5.41 Å². The van der Waals surface area contributed by atoms with E-state index in [0.717, 1.165) is 23.6 Å². The number of benzene rings is 2. The minimum absolute atomic E-state index is 0.0128. The van der Waals surface area contributed by atoms with Gasteiger partial charge in [0.15, 0.2) is 11.6 Å². The maximum atomic E-state index is 14.2. The van der Waals surface area contributed by atoms with E-state index in [2.05, 4.69) is 10.0 Å². The molecule has 9 heteroatoms. The Morgan fingerprint density at radius 1 is 1.16 bits per heavy atom.